The van der Waals surface area contributed by atoms with Gasteiger partial charge in [-0.15, -0.1) is 0 Å². The average molecular weight is 352 g/mol. The summed E-state index contributed by atoms with van der Waals surface area (Å²) in [6, 6.07) is 16.8. The van der Waals surface area contributed by atoms with Crippen LogP contribution in [0.3, 0.4) is 0 Å². The first kappa shape index (κ1) is 19.4. The molecule has 0 bridgehead atoms. The molecule has 0 aliphatic rings. The van der Waals surface area contributed by atoms with Crippen molar-refractivity contribution in [1.29, 1.82) is 0 Å². The lowest BCUT2D eigenvalue weighted by molar-refractivity contribution is -0.147. The molecule has 136 valence electrons. The van der Waals surface area contributed by atoms with Crippen LogP contribution in [0.4, 0.5) is 0 Å². The molecule has 0 N–H and O–H groups in total. The van der Waals surface area contributed by atoms with Gasteiger partial charge in [-0.1, -0.05) is 48.5 Å². The molecule has 0 aliphatic carbocycles. The van der Waals surface area contributed by atoms with Gasteiger partial charge in [-0.2, -0.15) is 0 Å². The fourth-order valence-corrected chi connectivity index (χ4v) is 2.70. The number of benzene rings is 2. The van der Waals surface area contributed by atoms with Crippen LogP contribution in [0.25, 0.3) is 11.6 Å². The van der Waals surface area contributed by atoms with Crippen molar-refractivity contribution < 1.29 is 19.1 Å². The van der Waals surface area contributed by atoms with Crippen molar-refractivity contribution in [1.82, 2.24) is 0 Å². The highest BCUT2D eigenvalue weighted by molar-refractivity contribution is 5.98. The summed E-state index contributed by atoms with van der Waals surface area (Å²) >= 11 is 0. The van der Waals surface area contributed by atoms with E-state index < -0.39 is 5.41 Å². The summed E-state index contributed by atoms with van der Waals surface area (Å²) in [4.78, 5) is 24.1. The van der Waals surface area contributed by atoms with Crippen LogP contribution in [0.2, 0.25) is 0 Å². The standard InChI is InChI=1S/C22H24O4/c1-5-26-20(23)18-13-11-16(12-14-18)15-19(17-9-7-6-8-10-17)22(2,3)21(24)25-4/h6-15H,5H2,1-4H3/b19-15-. The summed E-state index contributed by atoms with van der Waals surface area (Å²) in [7, 11) is 1.39. The Bertz CT molecular complexity index is 787. The van der Waals surface area contributed by atoms with Gasteiger partial charge in [0.05, 0.1) is 24.7 Å². The van der Waals surface area contributed by atoms with E-state index in [1.54, 1.807) is 19.1 Å². The van der Waals surface area contributed by atoms with E-state index in [4.69, 9.17) is 9.47 Å². The van der Waals surface area contributed by atoms with Crippen LogP contribution in [-0.4, -0.2) is 25.7 Å². The highest BCUT2D eigenvalue weighted by atomic mass is 16.5. The molecular weight excluding hydrogens is 328 g/mol. The average Bonchev–Trinajstić information content (AvgIpc) is 2.66. The Kier molecular flexibility index (Phi) is 6.34. The molecule has 0 amide bonds. The summed E-state index contributed by atoms with van der Waals surface area (Å²) in [5.41, 5.74) is 2.34. The van der Waals surface area contributed by atoms with Crippen LogP contribution in [0, 0.1) is 5.41 Å². The quantitative estimate of drug-likeness (QED) is 0.563. The number of rotatable bonds is 6. The molecular formula is C22H24O4. The lowest BCUT2D eigenvalue weighted by Gasteiger charge is -2.26. The minimum Gasteiger partial charge on any atom is -0.468 e. The SMILES string of the molecule is CCOC(=O)c1ccc(/C=C(/c2ccccc2)C(C)(C)C(=O)OC)cc1. The number of carbonyl (C=O) groups is 2. The minimum absolute atomic E-state index is 0.309. The van der Waals surface area contributed by atoms with E-state index in [0.29, 0.717) is 12.2 Å². The maximum atomic E-state index is 12.3. The Morgan fingerprint density at radius 3 is 2.12 bits per heavy atom. The van der Waals surface area contributed by atoms with Crippen molar-refractivity contribution >= 4 is 23.6 Å². The van der Waals surface area contributed by atoms with Crippen molar-refractivity contribution in [3.63, 3.8) is 0 Å². The van der Waals surface area contributed by atoms with Crippen LogP contribution in [0.1, 0.15) is 42.3 Å². The molecule has 2 aromatic rings. The lowest BCUT2D eigenvalue weighted by Crippen LogP contribution is -2.27. The van der Waals surface area contributed by atoms with Crippen molar-refractivity contribution in [2.24, 2.45) is 5.41 Å². The maximum Gasteiger partial charge on any atom is 0.338 e. The van der Waals surface area contributed by atoms with E-state index in [-0.39, 0.29) is 11.9 Å². The van der Waals surface area contributed by atoms with Crippen LogP contribution in [-0.2, 0) is 14.3 Å². The molecule has 0 fully saturated rings. The number of carbonyl (C=O) groups excluding carboxylic acids is 2. The van der Waals surface area contributed by atoms with Gasteiger partial charge in [0, 0.05) is 0 Å². The lowest BCUT2D eigenvalue weighted by atomic mass is 9.79. The summed E-state index contributed by atoms with van der Waals surface area (Å²) in [5, 5.41) is 0. The Hall–Kier alpha value is -2.88. The molecule has 0 heterocycles. The van der Waals surface area contributed by atoms with Gasteiger partial charge >= 0.3 is 11.9 Å². The molecule has 0 aromatic heterocycles. The predicted octanol–water partition coefficient (Wildman–Crippen LogP) is 4.60. The van der Waals surface area contributed by atoms with Gasteiger partial charge in [-0.25, -0.2) is 4.79 Å². The van der Waals surface area contributed by atoms with Crippen molar-refractivity contribution in [2.75, 3.05) is 13.7 Å². The summed E-state index contributed by atoms with van der Waals surface area (Å²) in [6.45, 7) is 5.79. The molecule has 26 heavy (non-hydrogen) atoms. The third-order valence-corrected chi connectivity index (χ3v) is 4.19. The first-order chi connectivity index (χ1) is 12.4. The number of methoxy groups -OCH3 is 1. The second kappa shape index (κ2) is 8.48. The molecule has 0 aliphatic heterocycles. The first-order valence-electron chi connectivity index (χ1n) is 8.53. The third kappa shape index (κ3) is 4.39. The Morgan fingerprint density at radius 2 is 1.58 bits per heavy atom. The molecule has 2 aromatic carbocycles. The van der Waals surface area contributed by atoms with E-state index in [9.17, 15) is 9.59 Å². The third-order valence-electron chi connectivity index (χ3n) is 4.19. The van der Waals surface area contributed by atoms with Gasteiger partial charge in [0.2, 0.25) is 0 Å². The van der Waals surface area contributed by atoms with E-state index in [1.807, 2.05) is 62.4 Å². The number of ether oxygens (including phenoxy) is 2. The van der Waals surface area contributed by atoms with Gasteiger partial charge in [0.1, 0.15) is 0 Å². The summed E-state index contributed by atoms with van der Waals surface area (Å²) < 4.78 is 9.99. The topological polar surface area (TPSA) is 52.6 Å². The second-order valence-corrected chi connectivity index (χ2v) is 6.38. The number of hydrogen-bond donors (Lipinski definition) is 0. The fourth-order valence-electron chi connectivity index (χ4n) is 2.70. The zero-order valence-electron chi connectivity index (χ0n) is 15.6. The molecule has 0 saturated carbocycles. The predicted molar refractivity (Wildman–Crippen MR) is 103 cm³/mol. The highest BCUT2D eigenvalue weighted by Gasteiger charge is 2.33. The summed E-state index contributed by atoms with van der Waals surface area (Å²) in [6.07, 6.45) is 1.95. The fraction of sp³-hybridized carbons (Fsp3) is 0.273. The van der Waals surface area contributed by atoms with Crippen molar-refractivity contribution in [2.45, 2.75) is 20.8 Å². The molecule has 4 nitrogen and oxygen atoms in total. The molecule has 2 rings (SSSR count). The largest absolute Gasteiger partial charge is 0.468 e. The number of esters is 2. The minimum atomic E-state index is -0.823. The van der Waals surface area contributed by atoms with E-state index in [1.165, 1.54) is 7.11 Å². The Morgan fingerprint density at radius 1 is 0.962 bits per heavy atom. The van der Waals surface area contributed by atoms with Gasteiger partial charge in [0.15, 0.2) is 0 Å². The zero-order chi connectivity index (χ0) is 19.2. The Labute approximate surface area is 154 Å². The van der Waals surface area contributed by atoms with Crippen LogP contribution >= 0.6 is 0 Å². The second-order valence-electron chi connectivity index (χ2n) is 6.38. The first-order valence-corrected chi connectivity index (χ1v) is 8.53. The molecule has 0 spiro atoms. The summed E-state index contributed by atoms with van der Waals surface area (Å²) in [5.74, 6) is -0.656. The van der Waals surface area contributed by atoms with Crippen molar-refractivity contribution in [3.05, 3.63) is 71.3 Å². The molecule has 0 unspecified atom stereocenters. The Balaban J connectivity index is 2.46. The van der Waals surface area contributed by atoms with Gasteiger partial charge in [-0.3, -0.25) is 4.79 Å². The monoisotopic (exact) mass is 352 g/mol. The smallest absolute Gasteiger partial charge is 0.338 e. The van der Waals surface area contributed by atoms with Crippen molar-refractivity contribution in [3.8, 4) is 0 Å². The molecule has 0 atom stereocenters. The van der Waals surface area contributed by atoms with E-state index >= 15 is 0 Å². The van der Waals surface area contributed by atoms with E-state index in [0.717, 1.165) is 16.7 Å². The van der Waals surface area contributed by atoms with Gasteiger partial charge in [0.25, 0.3) is 0 Å². The van der Waals surface area contributed by atoms with Crippen LogP contribution < -0.4 is 0 Å². The highest BCUT2D eigenvalue weighted by Crippen LogP contribution is 2.37. The number of hydrogen-bond acceptors (Lipinski definition) is 4. The normalized spacial score (nSPS) is 11.8. The van der Waals surface area contributed by atoms with Crippen LogP contribution in [0.5, 0.6) is 0 Å². The maximum absolute atomic E-state index is 12.3. The van der Waals surface area contributed by atoms with Gasteiger partial charge in [-0.05, 0) is 49.6 Å². The molecule has 0 radical (unpaired) electrons. The van der Waals surface area contributed by atoms with Gasteiger partial charge < -0.3 is 9.47 Å². The van der Waals surface area contributed by atoms with E-state index in [2.05, 4.69) is 0 Å². The zero-order valence-corrected chi connectivity index (χ0v) is 15.6. The molecule has 0 saturated heterocycles. The van der Waals surface area contributed by atoms with Crippen LogP contribution in [0.15, 0.2) is 54.6 Å². The molecule has 4 heteroatoms.